The third-order valence-corrected chi connectivity index (χ3v) is 2.27. The van der Waals surface area contributed by atoms with Gasteiger partial charge in [0, 0.05) is 6.07 Å². The zero-order chi connectivity index (χ0) is 9.26. The Balaban J connectivity index is 2.79. The topological polar surface area (TPSA) is 26.9 Å². The fourth-order valence-corrected chi connectivity index (χ4v) is 1.57. The molecule has 0 radical (unpaired) electrons. The summed E-state index contributed by atoms with van der Waals surface area (Å²) in [5, 5.41) is 13.3. The van der Waals surface area contributed by atoms with Crippen molar-refractivity contribution in [2.24, 2.45) is 0 Å². The molecule has 0 atom stereocenters. The van der Waals surface area contributed by atoms with Gasteiger partial charge in [-0.15, -0.1) is 0 Å². The van der Waals surface area contributed by atoms with Crippen molar-refractivity contribution in [3.63, 3.8) is 0 Å². The molecule has 2 heteroatoms. The molecule has 13 heavy (non-hydrogen) atoms. The summed E-state index contributed by atoms with van der Waals surface area (Å²) in [5.41, 5.74) is 1.22. The van der Waals surface area contributed by atoms with Gasteiger partial charge in [-0.25, -0.2) is 0 Å². The first-order valence-corrected chi connectivity index (χ1v) is 4.41. The van der Waals surface area contributed by atoms with E-state index in [1.165, 1.54) is 11.8 Å². The van der Waals surface area contributed by atoms with Gasteiger partial charge in [0.05, 0.1) is 5.39 Å². The van der Waals surface area contributed by atoms with Crippen LogP contribution < -0.4 is 4.73 Å². The first-order chi connectivity index (χ1) is 6.31. The minimum absolute atomic E-state index is 0.849. The molecule has 0 spiro atoms. The summed E-state index contributed by atoms with van der Waals surface area (Å²) in [4.78, 5) is 0. The van der Waals surface area contributed by atoms with E-state index < -0.39 is 0 Å². The quantitative estimate of drug-likeness (QED) is 0.479. The highest BCUT2D eigenvalue weighted by Crippen LogP contribution is 2.16. The Morgan fingerprint density at radius 2 is 2.15 bits per heavy atom. The monoisotopic (exact) mass is 173 g/mol. The summed E-state index contributed by atoms with van der Waals surface area (Å²) in [6, 6.07) is 7.95. The predicted molar refractivity (Wildman–Crippen MR) is 52.3 cm³/mol. The molecule has 1 heterocycles. The second-order valence-corrected chi connectivity index (χ2v) is 3.08. The zero-order valence-corrected chi connectivity index (χ0v) is 7.53. The molecule has 0 amide bonds. The number of pyridine rings is 1. The molecule has 1 aromatic carbocycles. The lowest BCUT2D eigenvalue weighted by Crippen LogP contribution is -2.23. The summed E-state index contributed by atoms with van der Waals surface area (Å²) in [5.74, 6) is 0. The van der Waals surface area contributed by atoms with E-state index in [1.54, 1.807) is 6.20 Å². The van der Waals surface area contributed by atoms with Gasteiger partial charge in [0.2, 0.25) is 0 Å². The lowest BCUT2D eigenvalue weighted by Gasteiger charge is -2.03. The van der Waals surface area contributed by atoms with Gasteiger partial charge in [-0.05, 0) is 17.4 Å². The molecule has 0 aliphatic heterocycles. The van der Waals surface area contributed by atoms with E-state index in [2.05, 4.69) is 13.0 Å². The second-order valence-electron chi connectivity index (χ2n) is 3.08. The third-order valence-electron chi connectivity index (χ3n) is 2.27. The zero-order valence-electron chi connectivity index (χ0n) is 7.53. The highest BCUT2D eigenvalue weighted by Gasteiger charge is 2.01. The van der Waals surface area contributed by atoms with E-state index in [-0.39, 0.29) is 0 Å². The lowest BCUT2D eigenvalue weighted by atomic mass is 10.1. The normalized spacial score (nSPS) is 10.5. The molecule has 0 bridgehead atoms. The van der Waals surface area contributed by atoms with Crippen molar-refractivity contribution in [1.82, 2.24) is 0 Å². The van der Waals surface area contributed by atoms with Crippen LogP contribution in [-0.4, -0.2) is 0 Å². The van der Waals surface area contributed by atoms with E-state index in [4.69, 9.17) is 0 Å². The van der Waals surface area contributed by atoms with Crippen molar-refractivity contribution in [3.05, 3.63) is 47.4 Å². The maximum Gasteiger partial charge on any atom is 0.188 e. The molecule has 0 saturated carbocycles. The van der Waals surface area contributed by atoms with Gasteiger partial charge < -0.3 is 5.21 Å². The SMILES string of the molecule is CCc1cccc2cc[n+]([O-])cc12. The van der Waals surface area contributed by atoms with Gasteiger partial charge in [-0.1, -0.05) is 25.1 Å². The van der Waals surface area contributed by atoms with Crippen LogP contribution in [0.3, 0.4) is 0 Å². The summed E-state index contributed by atoms with van der Waals surface area (Å²) < 4.78 is 0.849. The van der Waals surface area contributed by atoms with Crippen LogP contribution in [0.15, 0.2) is 36.7 Å². The van der Waals surface area contributed by atoms with Crippen molar-refractivity contribution in [2.45, 2.75) is 13.3 Å². The Hall–Kier alpha value is -1.57. The molecule has 0 N–H and O–H groups in total. The number of aryl methyl sites for hydroxylation is 1. The smallest absolute Gasteiger partial charge is 0.188 e. The number of hydrogen-bond donors (Lipinski definition) is 0. The van der Waals surface area contributed by atoms with Gasteiger partial charge in [0.1, 0.15) is 0 Å². The van der Waals surface area contributed by atoms with Crippen molar-refractivity contribution in [2.75, 3.05) is 0 Å². The van der Waals surface area contributed by atoms with E-state index in [0.29, 0.717) is 0 Å². The first kappa shape index (κ1) is 8.05. The van der Waals surface area contributed by atoms with Gasteiger partial charge in [0.15, 0.2) is 12.4 Å². The third kappa shape index (κ3) is 1.35. The fraction of sp³-hybridized carbons (Fsp3) is 0.182. The molecule has 0 unspecified atom stereocenters. The summed E-state index contributed by atoms with van der Waals surface area (Å²) in [6.45, 7) is 2.09. The molecule has 0 aliphatic carbocycles. The highest BCUT2D eigenvalue weighted by atomic mass is 16.5. The standard InChI is InChI=1S/C11H11NO/c1-2-9-4-3-5-10-6-7-12(13)8-11(9)10/h3-8H,2H2,1H3. The molecular formula is C11H11NO. The van der Waals surface area contributed by atoms with E-state index in [0.717, 1.165) is 21.9 Å². The van der Waals surface area contributed by atoms with E-state index in [9.17, 15) is 5.21 Å². The van der Waals surface area contributed by atoms with Crippen LogP contribution in [-0.2, 0) is 6.42 Å². The van der Waals surface area contributed by atoms with Crippen molar-refractivity contribution < 1.29 is 4.73 Å². The average molecular weight is 173 g/mol. The van der Waals surface area contributed by atoms with E-state index >= 15 is 0 Å². The minimum Gasteiger partial charge on any atom is -0.619 e. The second kappa shape index (κ2) is 3.05. The number of benzene rings is 1. The molecule has 1 aromatic heterocycles. The average Bonchev–Trinajstić information content (AvgIpc) is 2.17. The lowest BCUT2D eigenvalue weighted by molar-refractivity contribution is -0.603. The Morgan fingerprint density at radius 1 is 1.31 bits per heavy atom. The van der Waals surface area contributed by atoms with Gasteiger partial charge in [-0.2, -0.15) is 4.73 Å². The van der Waals surface area contributed by atoms with Crippen molar-refractivity contribution >= 4 is 10.8 Å². The number of aromatic nitrogens is 1. The van der Waals surface area contributed by atoms with Crippen LogP contribution >= 0.6 is 0 Å². The first-order valence-electron chi connectivity index (χ1n) is 4.41. The van der Waals surface area contributed by atoms with Gasteiger partial charge in [0.25, 0.3) is 0 Å². The molecule has 2 aromatic rings. The van der Waals surface area contributed by atoms with Gasteiger partial charge >= 0.3 is 0 Å². The van der Waals surface area contributed by atoms with Crippen LogP contribution in [0.25, 0.3) is 10.8 Å². The molecule has 0 fully saturated rings. The van der Waals surface area contributed by atoms with Crippen LogP contribution in [0, 0.1) is 5.21 Å². The Bertz CT molecular complexity index is 437. The molecular weight excluding hydrogens is 162 g/mol. The maximum absolute atomic E-state index is 11.1. The Labute approximate surface area is 77.0 Å². The summed E-state index contributed by atoms with van der Waals surface area (Å²) in [6.07, 6.45) is 4.12. The maximum atomic E-state index is 11.1. The summed E-state index contributed by atoms with van der Waals surface area (Å²) >= 11 is 0. The summed E-state index contributed by atoms with van der Waals surface area (Å²) in [7, 11) is 0. The minimum atomic E-state index is 0.849. The van der Waals surface area contributed by atoms with Crippen molar-refractivity contribution in [3.8, 4) is 0 Å². The van der Waals surface area contributed by atoms with Crippen LogP contribution in [0.1, 0.15) is 12.5 Å². The van der Waals surface area contributed by atoms with Crippen LogP contribution in [0.2, 0.25) is 0 Å². The van der Waals surface area contributed by atoms with Crippen LogP contribution in [0.5, 0.6) is 0 Å². The number of fused-ring (bicyclic) bond motifs is 1. The number of rotatable bonds is 1. The van der Waals surface area contributed by atoms with E-state index in [1.807, 2.05) is 18.2 Å². The van der Waals surface area contributed by atoms with Crippen LogP contribution in [0.4, 0.5) is 0 Å². The van der Waals surface area contributed by atoms with Gasteiger partial charge in [-0.3, -0.25) is 0 Å². The molecule has 2 rings (SSSR count). The molecule has 0 saturated heterocycles. The number of hydrogen-bond acceptors (Lipinski definition) is 1. The Kier molecular flexibility index (Phi) is 1.89. The van der Waals surface area contributed by atoms with Crippen molar-refractivity contribution in [1.29, 1.82) is 0 Å². The molecule has 2 nitrogen and oxygen atoms in total. The molecule has 66 valence electrons. The number of nitrogens with zero attached hydrogens (tertiary/aromatic N) is 1. The largest absolute Gasteiger partial charge is 0.619 e. The molecule has 0 aliphatic rings. The Morgan fingerprint density at radius 3 is 2.92 bits per heavy atom. The highest BCUT2D eigenvalue weighted by molar-refractivity contribution is 5.84. The fourth-order valence-electron chi connectivity index (χ4n) is 1.57. The predicted octanol–water partition coefficient (Wildman–Crippen LogP) is 2.04.